The quantitative estimate of drug-likeness (QED) is 0.779. The molecule has 0 aliphatic carbocycles. The molecule has 0 amide bonds. The Labute approximate surface area is 102 Å². The Bertz CT molecular complexity index is 540. The first-order valence-corrected chi connectivity index (χ1v) is 5.03. The topological polar surface area (TPSA) is 61.3 Å². The van der Waals surface area contributed by atoms with E-state index in [9.17, 15) is 9.18 Å². The molecule has 0 saturated heterocycles. The average molecular weight is 248 g/mol. The number of carbonyl (C=O) groups is 1. The molecule has 1 aromatic carbocycles. The Morgan fingerprint density at radius 2 is 1.89 bits per heavy atom. The average Bonchev–Trinajstić information content (AvgIpc) is 2.41. The van der Waals surface area contributed by atoms with Crippen molar-refractivity contribution in [2.75, 3.05) is 7.11 Å². The molecular weight excluding hydrogens is 239 g/mol. The monoisotopic (exact) mass is 248 g/mol. The maximum atomic E-state index is 12.7. The number of benzene rings is 1. The Hall–Kier alpha value is -2.50. The molecular formula is C12H9FN2O3. The van der Waals surface area contributed by atoms with Gasteiger partial charge in [0.1, 0.15) is 11.6 Å². The summed E-state index contributed by atoms with van der Waals surface area (Å²) in [6, 6.07) is 5.47. The normalized spacial score (nSPS) is 9.89. The Kier molecular flexibility index (Phi) is 3.47. The van der Waals surface area contributed by atoms with Crippen LogP contribution in [0, 0.1) is 5.82 Å². The van der Waals surface area contributed by atoms with Gasteiger partial charge in [-0.25, -0.2) is 19.2 Å². The summed E-state index contributed by atoms with van der Waals surface area (Å²) < 4.78 is 22.5. The first-order chi connectivity index (χ1) is 8.69. The van der Waals surface area contributed by atoms with E-state index in [0.29, 0.717) is 5.75 Å². The van der Waals surface area contributed by atoms with Gasteiger partial charge in [0, 0.05) is 0 Å². The molecule has 1 heterocycles. The summed E-state index contributed by atoms with van der Waals surface area (Å²) >= 11 is 0. The molecule has 1 aromatic heterocycles. The molecule has 0 saturated carbocycles. The molecule has 0 fully saturated rings. The first kappa shape index (κ1) is 12.0. The maximum absolute atomic E-state index is 12.7. The van der Waals surface area contributed by atoms with Crippen LogP contribution in [0.1, 0.15) is 10.5 Å². The van der Waals surface area contributed by atoms with Crippen LogP contribution in [0.5, 0.6) is 11.6 Å². The molecule has 0 unspecified atom stereocenters. The summed E-state index contributed by atoms with van der Waals surface area (Å²) in [5.74, 6) is -0.295. The third-order valence-corrected chi connectivity index (χ3v) is 2.06. The lowest BCUT2D eigenvalue weighted by molar-refractivity contribution is 0.0593. The predicted molar refractivity (Wildman–Crippen MR) is 59.8 cm³/mol. The fourth-order valence-electron chi connectivity index (χ4n) is 1.20. The van der Waals surface area contributed by atoms with Crippen molar-refractivity contribution in [3.8, 4) is 11.6 Å². The van der Waals surface area contributed by atoms with Crippen molar-refractivity contribution >= 4 is 5.97 Å². The number of esters is 1. The van der Waals surface area contributed by atoms with E-state index < -0.39 is 5.97 Å². The van der Waals surface area contributed by atoms with Gasteiger partial charge in [0.15, 0.2) is 5.69 Å². The Morgan fingerprint density at radius 1 is 1.17 bits per heavy atom. The third-order valence-electron chi connectivity index (χ3n) is 2.06. The molecule has 0 N–H and O–H groups in total. The zero-order valence-electron chi connectivity index (χ0n) is 9.46. The molecule has 6 heteroatoms. The highest BCUT2D eigenvalue weighted by Gasteiger charge is 2.08. The summed E-state index contributed by atoms with van der Waals surface area (Å²) in [4.78, 5) is 18.8. The van der Waals surface area contributed by atoms with Gasteiger partial charge in [-0.3, -0.25) is 0 Å². The van der Waals surface area contributed by atoms with Crippen molar-refractivity contribution in [1.82, 2.24) is 9.97 Å². The summed E-state index contributed by atoms with van der Waals surface area (Å²) in [5.41, 5.74) is 0.0870. The van der Waals surface area contributed by atoms with Crippen LogP contribution in [0.4, 0.5) is 4.39 Å². The van der Waals surface area contributed by atoms with Gasteiger partial charge in [0.25, 0.3) is 0 Å². The van der Waals surface area contributed by atoms with Crippen molar-refractivity contribution in [2.45, 2.75) is 0 Å². The number of hydrogen-bond acceptors (Lipinski definition) is 5. The number of rotatable bonds is 3. The Morgan fingerprint density at radius 3 is 2.44 bits per heavy atom. The van der Waals surface area contributed by atoms with E-state index in [1.165, 1.54) is 43.8 Å². The lowest BCUT2D eigenvalue weighted by atomic mass is 10.3. The van der Waals surface area contributed by atoms with Gasteiger partial charge in [0.2, 0.25) is 5.88 Å². The second-order valence-corrected chi connectivity index (χ2v) is 3.29. The molecule has 2 rings (SSSR count). The number of aromatic nitrogens is 2. The van der Waals surface area contributed by atoms with Gasteiger partial charge in [-0.05, 0) is 24.3 Å². The van der Waals surface area contributed by atoms with Gasteiger partial charge in [-0.2, -0.15) is 0 Å². The van der Waals surface area contributed by atoms with Crippen molar-refractivity contribution in [1.29, 1.82) is 0 Å². The van der Waals surface area contributed by atoms with Crippen molar-refractivity contribution in [2.24, 2.45) is 0 Å². The van der Waals surface area contributed by atoms with Crippen LogP contribution in [-0.2, 0) is 4.74 Å². The second kappa shape index (κ2) is 5.22. The zero-order chi connectivity index (χ0) is 13.0. The van der Waals surface area contributed by atoms with Crippen LogP contribution in [0.3, 0.4) is 0 Å². The minimum atomic E-state index is -0.573. The lowest BCUT2D eigenvalue weighted by Gasteiger charge is -2.04. The molecule has 0 aliphatic rings. The van der Waals surface area contributed by atoms with Gasteiger partial charge in [0.05, 0.1) is 19.5 Å². The van der Waals surface area contributed by atoms with Crippen LogP contribution in [0.2, 0.25) is 0 Å². The van der Waals surface area contributed by atoms with Crippen LogP contribution in [0.15, 0.2) is 36.7 Å². The van der Waals surface area contributed by atoms with Gasteiger partial charge in [-0.1, -0.05) is 0 Å². The maximum Gasteiger partial charge on any atom is 0.358 e. The van der Waals surface area contributed by atoms with E-state index in [1.807, 2.05) is 0 Å². The van der Waals surface area contributed by atoms with Crippen LogP contribution < -0.4 is 4.74 Å². The summed E-state index contributed by atoms with van der Waals surface area (Å²) in [5, 5.41) is 0. The van der Waals surface area contributed by atoms with Crippen LogP contribution in [-0.4, -0.2) is 23.0 Å². The molecule has 0 aliphatic heterocycles. The van der Waals surface area contributed by atoms with Crippen LogP contribution >= 0.6 is 0 Å². The van der Waals surface area contributed by atoms with Gasteiger partial charge >= 0.3 is 5.97 Å². The minimum Gasteiger partial charge on any atom is -0.464 e. The molecule has 0 spiro atoms. The minimum absolute atomic E-state index is 0.0870. The molecule has 0 bridgehead atoms. The SMILES string of the molecule is COC(=O)c1cnc(Oc2ccc(F)cc2)cn1. The zero-order valence-corrected chi connectivity index (χ0v) is 9.46. The second-order valence-electron chi connectivity index (χ2n) is 3.29. The highest BCUT2D eigenvalue weighted by Crippen LogP contribution is 2.18. The number of carbonyl (C=O) groups excluding carboxylic acids is 1. The highest BCUT2D eigenvalue weighted by molar-refractivity contribution is 5.86. The van der Waals surface area contributed by atoms with E-state index in [4.69, 9.17) is 4.74 Å². The highest BCUT2D eigenvalue weighted by atomic mass is 19.1. The molecule has 2 aromatic rings. The summed E-state index contributed by atoms with van der Waals surface area (Å²) in [7, 11) is 1.26. The van der Waals surface area contributed by atoms with Crippen molar-refractivity contribution in [3.63, 3.8) is 0 Å². The van der Waals surface area contributed by atoms with Gasteiger partial charge in [-0.15, -0.1) is 0 Å². The molecule has 92 valence electrons. The number of methoxy groups -OCH3 is 1. The van der Waals surface area contributed by atoms with Gasteiger partial charge < -0.3 is 9.47 Å². The number of halogens is 1. The number of ether oxygens (including phenoxy) is 2. The van der Waals surface area contributed by atoms with Crippen molar-refractivity contribution < 1.29 is 18.7 Å². The first-order valence-electron chi connectivity index (χ1n) is 5.03. The Balaban J connectivity index is 2.10. The van der Waals surface area contributed by atoms with Crippen molar-refractivity contribution in [3.05, 3.63) is 48.2 Å². The molecule has 0 radical (unpaired) electrons. The predicted octanol–water partition coefficient (Wildman–Crippen LogP) is 2.19. The lowest BCUT2D eigenvalue weighted by Crippen LogP contribution is -2.04. The largest absolute Gasteiger partial charge is 0.464 e. The standard InChI is InChI=1S/C12H9FN2O3/c1-17-12(16)10-6-15-11(7-14-10)18-9-4-2-8(13)3-5-9/h2-7H,1H3. The number of hydrogen-bond donors (Lipinski definition) is 0. The summed E-state index contributed by atoms with van der Waals surface area (Å²) in [6.07, 6.45) is 2.53. The molecule has 18 heavy (non-hydrogen) atoms. The van der Waals surface area contributed by atoms with E-state index in [2.05, 4.69) is 14.7 Å². The smallest absolute Gasteiger partial charge is 0.358 e. The fraction of sp³-hybridized carbons (Fsp3) is 0.0833. The summed E-state index contributed by atoms with van der Waals surface area (Å²) in [6.45, 7) is 0. The number of nitrogens with zero attached hydrogens (tertiary/aromatic N) is 2. The molecule has 0 atom stereocenters. The van der Waals surface area contributed by atoms with E-state index in [0.717, 1.165) is 0 Å². The van der Waals surface area contributed by atoms with E-state index in [1.54, 1.807) is 0 Å². The van der Waals surface area contributed by atoms with E-state index in [-0.39, 0.29) is 17.4 Å². The van der Waals surface area contributed by atoms with E-state index >= 15 is 0 Å². The molecule has 5 nitrogen and oxygen atoms in total. The third kappa shape index (κ3) is 2.79. The fourth-order valence-corrected chi connectivity index (χ4v) is 1.20. The van der Waals surface area contributed by atoms with Crippen LogP contribution in [0.25, 0.3) is 0 Å².